The first-order chi connectivity index (χ1) is 9.02. The predicted molar refractivity (Wildman–Crippen MR) is 70.7 cm³/mol. The van der Waals surface area contributed by atoms with Crippen LogP contribution in [0.15, 0.2) is 29.2 Å². The van der Waals surface area contributed by atoms with Crippen molar-refractivity contribution >= 4 is 9.84 Å². The molecule has 2 aromatic rings. The molecule has 1 heterocycles. The van der Waals surface area contributed by atoms with Crippen molar-refractivity contribution in [1.82, 2.24) is 15.2 Å². The second kappa shape index (κ2) is 4.45. The van der Waals surface area contributed by atoms with Crippen LogP contribution in [0.25, 0.3) is 0 Å². The smallest absolute Gasteiger partial charge is 0.175 e. The number of nitrogens with one attached hydrogen (secondary N) is 1. The monoisotopic (exact) mass is 277 g/mol. The van der Waals surface area contributed by atoms with Gasteiger partial charge in [-0.05, 0) is 30.5 Å². The summed E-state index contributed by atoms with van der Waals surface area (Å²) in [5, 5.41) is 7.14. The third kappa shape index (κ3) is 2.84. The molecule has 6 heteroatoms. The van der Waals surface area contributed by atoms with Gasteiger partial charge in [0.25, 0.3) is 0 Å². The Balaban J connectivity index is 1.75. The SMILES string of the molecule is CS(=O)(=O)c1ccc(Cc2nc(C3CC3)n[nH]2)cc1. The molecule has 0 aliphatic heterocycles. The Morgan fingerprint density at radius 2 is 1.95 bits per heavy atom. The predicted octanol–water partition coefficient (Wildman–Crippen LogP) is 1.68. The molecule has 1 fully saturated rings. The maximum Gasteiger partial charge on any atom is 0.175 e. The van der Waals surface area contributed by atoms with E-state index in [0.29, 0.717) is 17.2 Å². The highest BCUT2D eigenvalue weighted by Crippen LogP contribution is 2.37. The van der Waals surface area contributed by atoms with Gasteiger partial charge in [-0.25, -0.2) is 13.4 Å². The lowest BCUT2D eigenvalue weighted by Crippen LogP contribution is -1.97. The summed E-state index contributed by atoms with van der Waals surface area (Å²) in [5.74, 6) is 2.27. The molecular weight excluding hydrogens is 262 g/mol. The van der Waals surface area contributed by atoms with Crippen LogP contribution < -0.4 is 0 Å². The topological polar surface area (TPSA) is 75.7 Å². The minimum Gasteiger partial charge on any atom is -0.263 e. The molecule has 0 saturated heterocycles. The van der Waals surface area contributed by atoms with Crippen molar-refractivity contribution in [3.8, 4) is 0 Å². The maximum absolute atomic E-state index is 11.4. The molecule has 100 valence electrons. The van der Waals surface area contributed by atoms with Crippen molar-refractivity contribution < 1.29 is 8.42 Å². The molecule has 3 rings (SSSR count). The molecule has 0 bridgehead atoms. The third-order valence-electron chi connectivity index (χ3n) is 3.21. The summed E-state index contributed by atoms with van der Waals surface area (Å²) in [7, 11) is -3.13. The number of aromatic amines is 1. The van der Waals surface area contributed by atoms with Gasteiger partial charge in [-0.15, -0.1) is 0 Å². The number of rotatable bonds is 4. The summed E-state index contributed by atoms with van der Waals surface area (Å²) < 4.78 is 22.7. The van der Waals surface area contributed by atoms with Crippen LogP contribution in [-0.4, -0.2) is 29.9 Å². The van der Waals surface area contributed by atoms with Crippen LogP contribution in [-0.2, 0) is 16.3 Å². The zero-order chi connectivity index (χ0) is 13.5. The maximum atomic E-state index is 11.4. The molecule has 1 aliphatic carbocycles. The first kappa shape index (κ1) is 12.3. The van der Waals surface area contributed by atoms with Gasteiger partial charge in [-0.1, -0.05) is 12.1 Å². The summed E-state index contributed by atoms with van der Waals surface area (Å²) in [6.07, 6.45) is 4.21. The number of aromatic nitrogens is 3. The van der Waals surface area contributed by atoms with E-state index in [2.05, 4.69) is 15.2 Å². The van der Waals surface area contributed by atoms with E-state index < -0.39 is 9.84 Å². The van der Waals surface area contributed by atoms with Crippen molar-refractivity contribution in [3.63, 3.8) is 0 Å². The van der Waals surface area contributed by atoms with Gasteiger partial charge < -0.3 is 0 Å². The summed E-state index contributed by atoms with van der Waals surface area (Å²) >= 11 is 0. The molecule has 0 atom stereocenters. The van der Waals surface area contributed by atoms with Crippen LogP contribution >= 0.6 is 0 Å². The van der Waals surface area contributed by atoms with Crippen LogP contribution in [0.1, 0.15) is 36.0 Å². The van der Waals surface area contributed by atoms with Gasteiger partial charge in [0.15, 0.2) is 15.7 Å². The number of H-pyrrole nitrogens is 1. The molecule has 1 N–H and O–H groups in total. The fraction of sp³-hybridized carbons (Fsp3) is 0.385. The average Bonchev–Trinajstić information content (AvgIpc) is 3.10. The van der Waals surface area contributed by atoms with Crippen molar-refractivity contribution in [2.24, 2.45) is 0 Å². The van der Waals surface area contributed by atoms with Gasteiger partial charge >= 0.3 is 0 Å². The summed E-state index contributed by atoms with van der Waals surface area (Å²) in [6.45, 7) is 0. The largest absolute Gasteiger partial charge is 0.263 e. The second-order valence-electron chi connectivity index (χ2n) is 5.01. The van der Waals surface area contributed by atoms with E-state index in [0.717, 1.165) is 17.2 Å². The van der Waals surface area contributed by atoms with Gasteiger partial charge in [-0.3, -0.25) is 5.10 Å². The van der Waals surface area contributed by atoms with Crippen molar-refractivity contribution in [2.45, 2.75) is 30.1 Å². The number of benzene rings is 1. The lowest BCUT2D eigenvalue weighted by atomic mass is 10.1. The van der Waals surface area contributed by atoms with Crippen LogP contribution in [0, 0.1) is 0 Å². The summed E-state index contributed by atoms with van der Waals surface area (Å²) in [4.78, 5) is 4.79. The highest BCUT2D eigenvalue weighted by atomic mass is 32.2. The van der Waals surface area contributed by atoms with Gasteiger partial charge in [0.05, 0.1) is 4.90 Å². The van der Waals surface area contributed by atoms with E-state index in [4.69, 9.17) is 0 Å². The normalized spacial score (nSPS) is 15.6. The molecule has 0 radical (unpaired) electrons. The molecule has 5 nitrogen and oxygen atoms in total. The summed E-state index contributed by atoms with van der Waals surface area (Å²) in [5.41, 5.74) is 1.02. The Bertz CT molecular complexity index is 685. The Labute approximate surface area is 112 Å². The van der Waals surface area contributed by atoms with E-state index in [1.165, 1.54) is 19.1 Å². The molecule has 1 aromatic heterocycles. The molecule has 0 spiro atoms. The zero-order valence-electron chi connectivity index (χ0n) is 10.6. The number of sulfone groups is 1. The van der Waals surface area contributed by atoms with E-state index in [9.17, 15) is 8.42 Å². The van der Waals surface area contributed by atoms with Crippen LogP contribution in [0.4, 0.5) is 0 Å². The van der Waals surface area contributed by atoms with Crippen LogP contribution in [0.2, 0.25) is 0 Å². The minimum absolute atomic E-state index is 0.340. The van der Waals surface area contributed by atoms with E-state index in [1.54, 1.807) is 12.1 Å². The minimum atomic E-state index is -3.13. The number of nitrogens with zero attached hydrogens (tertiary/aromatic N) is 2. The molecular formula is C13H15N3O2S. The Morgan fingerprint density at radius 3 is 2.53 bits per heavy atom. The Kier molecular flexibility index (Phi) is 2.89. The molecule has 1 aliphatic rings. The quantitative estimate of drug-likeness (QED) is 0.922. The molecule has 0 amide bonds. The molecule has 1 aromatic carbocycles. The van der Waals surface area contributed by atoms with Crippen molar-refractivity contribution in [2.75, 3.05) is 6.26 Å². The van der Waals surface area contributed by atoms with E-state index in [1.807, 2.05) is 12.1 Å². The van der Waals surface area contributed by atoms with Gasteiger partial charge in [0.1, 0.15) is 5.82 Å². The van der Waals surface area contributed by atoms with Gasteiger partial charge in [0, 0.05) is 18.6 Å². The average molecular weight is 277 g/mol. The lowest BCUT2D eigenvalue weighted by molar-refractivity contribution is 0.602. The van der Waals surface area contributed by atoms with Crippen molar-refractivity contribution in [1.29, 1.82) is 0 Å². The molecule has 0 unspecified atom stereocenters. The zero-order valence-corrected chi connectivity index (χ0v) is 11.4. The Morgan fingerprint density at radius 1 is 1.26 bits per heavy atom. The highest BCUT2D eigenvalue weighted by molar-refractivity contribution is 7.90. The standard InChI is InChI=1S/C13H15N3O2S/c1-19(17,18)11-6-2-9(3-7-11)8-12-14-13(16-15-12)10-4-5-10/h2-3,6-7,10H,4-5,8H2,1H3,(H,14,15,16). The van der Waals surface area contributed by atoms with Crippen LogP contribution in [0.5, 0.6) is 0 Å². The molecule has 1 saturated carbocycles. The lowest BCUT2D eigenvalue weighted by Gasteiger charge is -2.00. The van der Waals surface area contributed by atoms with Gasteiger partial charge in [-0.2, -0.15) is 5.10 Å². The third-order valence-corrected chi connectivity index (χ3v) is 4.34. The molecule has 19 heavy (non-hydrogen) atoms. The van der Waals surface area contributed by atoms with E-state index in [-0.39, 0.29) is 0 Å². The van der Waals surface area contributed by atoms with Gasteiger partial charge in [0.2, 0.25) is 0 Å². The number of hydrogen-bond donors (Lipinski definition) is 1. The summed E-state index contributed by atoms with van der Waals surface area (Å²) in [6, 6.07) is 6.89. The Hall–Kier alpha value is -1.69. The second-order valence-corrected chi connectivity index (χ2v) is 7.02. The van der Waals surface area contributed by atoms with Crippen LogP contribution in [0.3, 0.4) is 0 Å². The first-order valence-corrected chi connectivity index (χ1v) is 8.12. The fourth-order valence-corrected chi connectivity index (χ4v) is 2.59. The van der Waals surface area contributed by atoms with E-state index >= 15 is 0 Å². The fourth-order valence-electron chi connectivity index (χ4n) is 1.96. The highest BCUT2D eigenvalue weighted by Gasteiger charge is 2.27. The van der Waals surface area contributed by atoms with Crippen molar-refractivity contribution in [3.05, 3.63) is 41.5 Å². The number of hydrogen-bond acceptors (Lipinski definition) is 4. The first-order valence-electron chi connectivity index (χ1n) is 6.22.